The van der Waals surface area contributed by atoms with E-state index in [1.165, 1.54) is 9.91 Å². The smallest absolute Gasteiger partial charge is 0.347 e. The number of rotatable bonds is 4. The van der Waals surface area contributed by atoms with Crippen LogP contribution in [0.1, 0.15) is 22.6 Å². The molecular formula is C25H22ClF3N4O2S. The summed E-state index contributed by atoms with van der Waals surface area (Å²) in [6.45, 7) is 0.307. The van der Waals surface area contributed by atoms with Crippen LogP contribution in [0, 0.1) is 0 Å². The van der Waals surface area contributed by atoms with E-state index in [2.05, 4.69) is 4.40 Å². The van der Waals surface area contributed by atoms with Gasteiger partial charge < -0.3 is 4.90 Å². The number of nitrogens with zero attached hydrogens (tertiary/aromatic N) is 4. The Balaban J connectivity index is 1.74. The van der Waals surface area contributed by atoms with Gasteiger partial charge in [0.25, 0.3) is 10.0 Å². The summed E-state index contributed by atoms with van der Waals surface area (Å²) in [5.41, 5.74) is 1.57. The maximum absolute atomic E-state index is 13.0. The van der Waals surface area contributed by atoms with Crippen LogP contribution in [0.4, 0.5) is 13.2 Å². The summed E-state index contributed by atoms with van der Waals surface area (Å²) in [5.74, 6) is -0.161. The van der Waals surface area contributed by atoms with Crippen LogP contribution in [-0.2, 0) is 16.2 Å². The first-order chi connectivity index (χ1) is 17.0. The van der Waals surface area contributed by atoms with Gasteiger partial charge in [0.15, 0.2) is 0 Å². The molecule has 0 aromatic heterocycles. The number of guanidine groups is 1. The molecule has 3 aromatic carbocycles. The van der Waals surface area contributed by atoms with Crippen molar-refractivity contribution in [1.29, 1.82) is 0 Å². The quantitative estimate of drug-likeness (QED) is 0.329. The van der Waals surface area contributed by atoms with Gasteiger partial charge in [0.05, 0.1) is 22.7 Å². The van der Waals surface area contributed by atoms with Gasteiger partial charge in [0.1, 0.15) is 0 Å². The molecule has 1 atom stereocenters. The standard InChI is InChI=1S/C25H22ClF3N4O2S/c1-32(2)24(31-36(34,35)21-14-10-19(11-15-21)25(27,28)29)33-16-22(17-6-4-3-5-7-17)23(30-33)18-8-12-20(26)13-9-18/h3-15,22H,16H2,1-2H3/b31-24+. The highest BCUT2D eigenvalue weighted by Crippen LogP contribution is 2.32. The molecule has 1 unspecified atom stereocenters. The molecule has 1 aliphatic heterocycles. The first-order valence-corrected chi connectivity index (χ1v) is 12.6. The van der Waals surface area contributed by atoms with Crippen LogP contribution in [0.2, 0.25) is 5.02 Å². The summed E-state index contributed by atoms with van der Waals surface area (Å²) in [6.07, 6.45) is -4.57. The predicted molar refractivity (Wildman–Crippen MR) is 134 cm³/mol. The van der Waals surface area contributed by atoms with Crippen molar-refractivity contribution >= 4 is 33.3 Å². The van der Waals surface area contributed by atoms with Crippen molar-refractivity contribution in [1.82, 2.24) is 9.91 Å². The molecule has 6 nitrogen and oxygen atoms in total. The topological polar surface area (TPSA) is 65.3 Å². The highest BCUT2D eigenvalue weighted by molar-refractivity contribution is 7.90. The zero-order valence-electron chi connectivity index (χ0n) is 19.3. The molecule has 1 aliphatic rings. The van der Waals surface area contributed by atoms with E-state index in [0.717, 1.165) is 35.4 Å². The number of benzene rings is 3. The average Bonchev–Trinajstić information content (AvgIpc) is 3.28. The maximum Gasteiger partial charge on any atom is 0.416 e. The second-order valence-electron chi connectivity index (χ2n) is 8.32. The molecule has 36 heavy (non-hydrogen) atoms. The molecule has 11 heteroatoms. The van der Waals surface area contributed by atoms with Crippen LogP contribution in [0.15, 0.2) is 93.3 Å². The third kappa shape index (κ3) is 5.55. The summed E-state index contributed by atoms with van der Waals surface area (Å²) >= 11 is 6.05. The first-order valence-electron chi connectivity index (χ1n) is 10.8. The minimum atomic E-state index is -4.57. The fourth-order valence-electron chi connectivity index (χ4n) is 3.79. The lowest BCUT2D eigenvalue weighted by atomic mass is 9.91. The molecule has 4 rings (SSSR count). The third-order valence-corrected chi connectivity index (χ3v) is 7.09. The van der Waals surface area contributed by atoms with Crippen molar-refractivity contribution in [3.8, 4) is 0 Å². The Bertz CT molecular complexity index is 1390. The molecule has 0 amide bonds. The zero-order valence-corrected chi connectivity index (χ0v) is 20.9. The molecule has 0 saturated carbocycles. The van der Waals surface area contributed by atoms with E-state index >= 15 is 0 Å². The molecule has 0 bridgehead atoms. The highest BCUT2D eigenvalue weighted by Gasteiger charge is 2.34. The van der Waals surface area contributed by atoms with E-state index in [1.807, 2.05) is 42.5 Å². The fourth-order valence-corrected chi connectivity index (χ4v) is 4.97. The van der Waals surface area contributed by atoms with E-state index in [4.69, 9.17) is 16.7 Å². The Kier molecular flexibility index (Phi) is 7.10. The summed E-state index contributed by atoms with van der Waals surface area (Å²) in [6, 6.07) is 20.1. The van der Waals surface area contributed by atoms with Gasteiger partial charge in [-0.25, -0.2) is 5.01 Å². The van der Waals surface area contributed by atoms with Gasteiger partial charge in [-0.05, 0) is 47.5 Å². The highest BCUT2D eigenvalue weighted by atomic mass is 35.5. The van der Waals surface area contributed by atoms with Crippen molar-refractivity contribution in [3.63, 3.8) is 0 Å². The molecule has 0 radical (unpaired) electrons. The number of alkyl halides is 3. The monoisotopic (exact) mass is 534 g/mol. The van der Waals surface area contributed by atoms with Gasteiger partial charge in [0, 0.05) is 25.0 Å². The second kappa shape index (κ2) is 9.94. The lowest BCUT2D eigenvalue weighted by Crippen LogP contribution is -2.37. The molecule has 0 N–H and O–H groups in total. The van der Waals surface area contributed by atoms with E-state index in [9.17, 15) is 21.6 Å². The van der Waals surface area contributed by atoms with Crippen LogP contribution in [0.5, 0.6) is 0 Å². The van der Waals surface area contributed by atoms with Crippen molar-refractivity contribution in [2.45, 2.75) is 17.0 Å². The van der Waals surface area contributed by atoms with Crippen molar-refractivity contribution < 1.29 is 21.6 Å². The van der Waals surface area contributed by atoms with Crippen molar-refractivity contribution in [3.05, 3.63) is 101 Å². The first kappa shape index (κ1) is 25.7. The van der Waals surface area contributed by atoms with Crippen molar-refractivity contribution in [2.24, 2.45) is 9.50 Å². The summed E-state index contributed by atoms with van der Waals surface area (Å²) in [4.78, 5) is 1.15. The Hall–Kier alpha value is -3.37. The molecule has 188 valence electrons. The number of hydrazone groups is 1. The lowest BCUT2D eigenvalue weighted by molar-refractivity contribution is -0.137. The summed E-state index contributed by atoms with van der Waals surface area (Å²) in [7, 11) is -1.08. The number of hydrogen-bond donors (Lipinski definition) is 0. The van der Waals surface area contributed by atoms with Gasteiger partial charge in [-0.15, -0.1) is 4.40 Å². The van der Waals surface area contributed by atoms with E-state index in [-0.39, 0.29) is 16.8 Å². The summed E-state index contributed by atoms with van der Waals surface area (Å²) in [5, 5.41) is 6.77. The molecule has 3 aromatic rings. The summed E-state index contributed by atoms with van der Waals surface area (Å²) < 4.78 is 68.7. The average molecular weight is 535 g/mol. The minimum absolute atomic E-state index is 0.0276. The van der Waals surface area contributed by atoms with Crippen molar-refractivity contribution in [2.75, 3.05) is 20.6 Å². The molecule has 1 heterocycles. The molecule has 0 fully saturated rings. The van der Waals surface area contributed by atoms with Gasteiger partial charge >= 0.3 is 6.18 Å². The van der Waals surface area contributed by atoms with E-state index < -0.39 is 21.8 Å². The number of hydrogen-bond acceptors (Lipinski definition) is 3. The Morgan fingerprint density at radius 1 is 1.00 bits per heavy atom. The zero-order chi connectivity index (χ0) is 26.1. The van der Waals surface area contributed by atoms with Crippen LogP contribution >= 0.6 is 11.6 Å². The SMILES string of the molecule is CN(C)/C(=N\S(=O)(=O)c1ccc(C(F)(F)F)cc1)N1CC(c2ccccc2)C(c2ccc(Cl)cc2)=N1. The molecule has 0 saturated heterocycles. The van der Waals surface area contributed by atoms with Gasteiger partial charge in [-0.2, -0.15) is 26.7 Å². The molecular weight excluding hydrogens is 513 g/mol. The second-order valence-corrected chi connectivity index (χ2v) is 10.4. The third-order valence-electron chi connectivity index (χ3n) is 5.57. The number of sulfonamides is 1. The van der Waals surface area contributed by atoms with E-state index in [1.54, 1.807) is 26.2 Å². The van der Waals surface area contributed by atoms with Gasteiger partial charge in [0.2, 0.25) is 5.96 Å². The van der Waals surface area contributed by atoms with Crippen LogP contribution in [-0.4, -0.2) is 50.6 Å². The number of halogens is 4. The Morgan fingerprint density at radius 2 is 1.61 bits per heavy atom. The normalized spacial score (nSPS) is 16.7. The maximum atomic E-state index is 13.0. The fraction of sp³-hybridized carbons (Fsp3) is 0.200. The largest absolute Gasteiger partial charge is 0.416 e. The molecule has 0 spiro atoms. The van der Waals surface area contributed by atoms with Gasteiger partial charge in [-0.1, -0.05) is 54.1 Å². The van der Waals surface area contributed by atoms with Crippen LogP contribution < -0.4 is 0 Å². The molecule has 0 aliphatic carbocycles. The predicted octanol–water partition coefficient (Wildman–Crippen LogP) is 5.47. The van der Waals surface area contributed by atoms with E-state index in [0.29, 0.717) is 17.3 Å². The lowest BCUT2D eigenvalue weighted by Gasteiger charge is -2.23. The Morgan fingerprint density at radius 3 is 2.17 bits per heavy atom. The Labute approximate surface area is 212 Å². The minimum Gasteiger partial charge on any atom is -0.347 e. The van der Waals surface area contributed by atoms with Gasteiger partial charge in [-0.3, -0.25) is 0 Å². The van der Waals surface area contributed by atoms with Crippen LogP contribution in [0.3, 0.4) is 0 Å². The van der Waals surface area contributed by atoms with Crippen LogP contribution in [0.25, 0.3) is 0 Å².